The minimum Gasteiger partial charge on any atom is -0.465 e. The molecule has 3 N–H and O–H groups in total. The van der Waals surface area contributed by atoms with E-state index in [1.807, 2.05) is 0 Å². The fraction of sp³-hybridized carbons (Fsp3) is 0.579. The van der Waals surface area contributed by atoms with Crippen LogP contribution < -0.4 is 5.73 Å². The molecule has 0 unspecified atom stereocenters. The molecule has 2 heterocycles. The lowest BCUT2D eigenvalue weighted by molar-refractivity contribution is -0.229. The largest absolute Gasteiger partial charge is 0.465 e. The van der Waals surface area contributed by atoms with Crippen molar-refractivity contribution in [2.45, 2.75) is 57.2 Å². The highest BCUT2D eigenvalue weighted by Crippen LogP contribution is 2.52. The molecule has 1 fully saturated rings. The van der Waals surface area contributed by atoms with Gasteiger partial charge in [-0.1, -0.05) is 0 Å². The standard InChI is InChI=1S/C19H23F4N3O4/c1-9-13-14(19(21,22)23)30-15(26(16(27)28)17(2,3)4)25-18(13,8-29-9)11-7-10(24)5-6-12(11)20/h5-7,9,13-14H,8,24H2,1-4H3,(H,27,28)/t9-,13+,14+,18-/m1/s1. The smallest absolute Gasteiger partial charge is 0.426 e. The molecule has 0 spiro atoms. The Labute approximate surface area is 170 Å². The molecule has 0 radical (unpaired) electrons. The molecular weight excluding hydrogens is 410 g/mol. The van der Waals surface area contributed by atoms with Crippen molar-refractivity contribution < 1.29 is 36.9 Å². The average Bonchev–Trinajstić information content (AvgIpc) is 2.92. The number of nitrogens with two attached hydrogens (primary N) is 1. The third-order valence-electron chi connectivity index (χ3n) is 5.31. The number of amidine groups is 1. The molecule has 1 saturated heterocycles. The number of ether oxygens (including phenoxy) is 2. The number of nitrogen functional groups attached to an aromatic ring is 1. The van der Waals surface area contributed by atoms with E-state index >= 15 is 0 Å². The first-order valence-corrected chi connectivity index (χ1v) is 9.22. The van der Waals surface area contributed by atoms with E-state index < -0.39 is 59.9 Å². The Morgan fingerprint density at radius 1 is 1.33 bits per heavy atom. The quantitative estimate of drug-likeness (QED) is 0.520. The molecule has 7 nitrogen and oxygen atoms in total. The van der Waals surface area contributed by atoms with Crippen LogP contribution in [0.3, 0.4) is 0 Å². The number of alkyl halides is 3. The van der Waals surface area contributed by atoms with E-state index in [9.17, 15) is 27.5 Å². The predicted molar refractivity (Wildman–Crippen MR) is 99.4 cm³/mol. The summed E-state index contributed by atoms with van der Waals surface area (Å²) in [6.07, 6.45) is -9.91. The van der Waals surface area contributed by atoms with Crippen molar-refractivity contribution in [3.63, 3.8) is 0 Å². The molecule has 166 valence electrons. The van der Waals surface area contributed by atoms with Crippen LogP contribution in [0.25, 0.3) is 0 Å². The summed E-state index contributed by atoms with van der Waals surface area (Å²) in [4.78, 5) is 16.7. The molecule has 2 aliphatic rings. The summed E-state index contributed by atoms with van der Waals surface area (Å²) in [7, 11) is 0. The van der Waals surface area contributed by atoms with Crippen molar-refractivity contribution in [1.82, 2.24) is 4.90 Å². The highest BCUT2D eigenvalue weighted by atomic mass is 19.4. The Kier molecular flexibility index (Phi) is 5.16. The van der Waals surface area contributed by atoms with Gasteiger partial charge in [-0.2, -0.15) is 13.2 Å². The second kappa shape index (κ2) is 7.00. The fourth-order valence-corrected chi connectivity index (χ4v) is 4.05. The van der Waals surface area contributed by atoms with Gasteiger partial charge < -0.3 is 20.3 Å². The van der Waals surface area contributed by atoms with Gasteiger partial charge in [0.05, 0.1) is 18.6 Å². The zero-order chi connectivity index (χ0) is 22.6. The van der Waals surface area contributed by atoms with E-state index in [1.54, 1.807) is 0 Å². The fourth-order valence-electron chi connectivity index (χ4n) is 4.05. The third-order valence-corrected chi connectivity index (χ3v) is 5.31. The van der Waals surface area contributed by atoms with Crippen LogP contribution >= 0.6 is 0 Å². The van der Waals surface area contributed by atoms with Crippen molar-refractivity contribution in [3.05, 3.63) is 29.6 Å². The van der Waals surface area contributed by atoms with E-state index in [4.69, 9.17) is 15.2 Å². The van der Waals surface area contributed by atoms with Crippen molar-refractivity contribution in [2.75, 3.05) is 12.3 Å². The van der Waals surface area contributed by atoms with Gasteiger partial charge in [0.25, 0.3) is 6.02 Å². The van der Waals surface area contributed by atoms with Gasteiger partial charge in [0.1, 0.15) is 11.4 Å². The van der Waals surface area contributed by atoms with Crippen LogP contribution in [0.15, 0.2) is 23.2 Å². The maximum Gasteiger partial charge on any atom is 0.426 e. The minimum absolute atomic E-state index is 0.122. The highest BCUT2D eigenvalue weighted by molar-refractivity contribution is 5.91. The number of halogens is 4. The number of anilines is 1. The van der Waals surface area contributed by atoms with E-state index in [1.165, 1.54) is 39.8 Å². The Balaban J connectivity index is 2.32. The summed E-state index contributed by atoms with van der Waals surface area (Å²) in [6, 6.07) is 2.73. The van der Waals surface area contributed by atoms with Gasteiger partial charge in [0.2, 0.25) is 6.10 Å². The summed E-state index contributed by atoms with van der Waals surface area (Å²) in [5.41, 5.74) is 2.63. The number of carbonyl (C=O) groups is 1. The third kappa shape index (κ3) is 3.55. The molecule has 0 aliphatic carbocycles. The molecule has 11 heteroatoms. The van der Waals surface area contributed by atoms with Crippen LogP contribution in [-0.2, 0) is 15.0 Å². The average molecular weight is 433 g/mol. The molecule has 1 amide bonds. The van der Waals surface area contributed by atoms with Gasteiger partial charge in [-0.05, 0) is 45.9 Å². The number of amides is 1. The van der Waals surface area contributed by atoms with E-state index in [0.717, 1.165) is 6.07 Å². The second-order valence-corrected chi connectivity index (χ2v) is 8.47. The lowest BCUT2D eigenvalue weighted by Crippen LogP contribution is -2.60. The van der Waals surface area contributed by atoms with E-state index in [2.05, 4.69) is 4.99 Å². The Morgan fingerprint density at radius 2 is 1.97 bits per heavy atom. The van der Waals surface area contributed by atoms with Crippen molar-refractivity contribution >= 4 is 17.8 Å². The molecule has 0 bridgehead atoms. The predicted octanol–water partition coefficient (Wildman–Crippen LogP) is 3.73. The van der Waals surface area contributed by atoms with Crippen LogP contribution in [0.5, 0.6) is 0 Å². The van der Waals surface area contributed by atoms with Gasteiger partial charge in [0.15, 0.2) is 0 Å². The molecule has 1 aromatic carbocycles. The molecule has 2 aliphatic heterocycles. The van der Waals surface area contributed by atoms with Gasteiger partial charge in [-0.3, -0.25) is 0 Å². The Hall–Kier alpha value is -2.56. The van der Waals surface area contributed by atoms with Gasteiger partial charge in [0, 0.05) is 16.8 Å². The maximum atomic E-state index is 14.8. The van der Waals surface area contributed by atoms with E-state index in [-0.39, 0.29) is 11.3 Å². The second-order valence-electron chi connectivity index (χ2n) is 8.47. The minimum atomic E-state index is -4.89. The molecule has 4 atom stereocenters. The number of rotatable bonds is 1. The van der Waals surface area contributed by atoms with Crippen molar-refractivity contribution in [3.8, 4) is 0 Å². The van der Waals surface area contributed by atoms with Gasteiger partial charge in [-0.15, -0.1) is 0 Å². The summed E-state index contributed by atoms with van der Waals surface area (Å²) >= 11 is 0. The van der Waals surface area contributed by atoms with E-state index in [0.29, 0.717) is 4.90 Å². The maximum absolute atomic E-state index is 14.8. The molecule has 30 heavy (non-hydrogen) atoms. The Bertz CT molecular complexity index is 884. The van der Waals surface area contributed by atoms with Crippen molar-refractivity contribution in [2.24, 2.45) is 10.9 Å². The normalized spacial score (nSPS) is 29.1. The number of hydrogen-bond acceptors (Lipinski definition) is 5. The molecule has 1 aromatic rings. The van der Waals surface area contributed by atoms with Crippen LogP contribution in [0.4, 0.5) is 28.0 Å². The number of carboxylic acid groups (broad SMARTS) is 1. The number of nitrogens with zero attached hydrogens (tertiary/aromatic N) is 2. The number of benzene rings is 1. The first-order valence-electron chi connectivity index (χ1n) is 9.22. The molecule has 3 rings (SSSR count). The Morgan fingerprint density at radius 3 is 2.50 bits per heavy atom. The lowest BCUT2D eigenvalue weighted by atomic mass is 9.74. The van der Waals surface area contributed by atoms with Gasteiger partial charge in [-0.25, -0.2) is 19.1 Å². The van der Waals surface area contributed by atoms with Crippen LogP contribution in [0.2, 0.25) is 0 Å². The summed E-state index contributed by atoms with van der Waals surface area (Å²) in [5.74, 6) is -2.27. The summed E-state index contributed by atoms with van der Waals surface area (Å²) in [6.45, 7) is 5.45. The van der Waals surface area contributed by atoms with Crippen molar-refractivity contribution in [1.29, 1.82) is 0 Å². The van der Waals surface area contributed by atoms with Crippen LogP contribution in [0, 0.1) is 11.7 Å². The molecule has 0 saturated carbocycles. The first kappa shape index (κ1) is 22.1. The summed E-state index contributed by atoms with van der Waals surface area (Å²) in [5, 5.41) is 9.65. The lowest BCUT2D eigenvalue weighted by Gasteiger charge is -2.45. The van der Waals surface area contributed by atoms with Crippen LogP contribution in [0.1, 0.15) is 33.3 Å². The zero-order valence-corrected chi connectivity index (χ0v) is 16.8. The van der Waals surface area contributed by atoms with Gasteiger partial charge >= 0.3 is 12.3 Å². The highest BCUT2D eigenvalue weighted by Gasteiger charge is 2.65. The van der Waals surface area contributed by atoms with Crippen LogP contribution in [-0.4, -0.2) is 52.7 Å². The molecular formula is C19H23F4N3O4. The summed E-state index contributed by atoms with van der Waals surface area (Å²) < 4.78 is 67.6. The first-order chi connectivity index (χ1) is 13.7. The number of hydrogen-bond donors (Lipinski definition) is 2. The number of fused-ring (bicyclic) bond motifs is 1. The monoisotopic (exact) mass is 433 g/mol. The zero-order valence-electron chi connectivity index (χ0n) is 16.8. The number of aliphatic imine (C=N–C) groups is 1. The molecule has 0 aromatic heterocycles. The SMILES string of the molecule is C[C@H]1OC[C@]2(c3cc(N)ccc3F)N=C(N(C(=O)O)C(C)(C)C)O[C@H](C(F)(F)F)[C@H]12. The topological polar surface area (TPSA) is 97.4 Å².